The summed E-state index contributed by atoms with van der Waals surface area (Å²) >= 11 is 0. The van der Waals surface area contributed by atoms with E-state index in [-0.39, 0.29) is 6.17 Å². The second kappa shape index (κ2) is 11.3. The maximum absolute atomic E-state index is 5.53. The van der Waals surface area contributed by atoms with E-state index in [1.54, 1.807) is 0 Å². The molecule has 1 aliphatic heterocycles. The van der Waals surface area contributed by atoms with Crippen molar-refractivity contribution in [2.75, 3.05) is 0 Å². The molecule has 0 aliphatic carbocycles. The van der Waals surface area contributed by atoms with Gasteiger partial charge in [0.2, 0.25) is 5.96 Å². The number of para-hydroxylation sites is 3. The van der Waals surface area contributed by atoms with E-state index in [1.807, 2.05) is 0 Å². The largest absolute Gasteiger partial charge is 0.344 e. The number of hydrogen-bond acceptors (Lipinski definition) is 3. The van der Waals surface area contributed by atoms with Crippen LogP contribution in [0.2, 0.25) is 0 Å². The third-order valence-electron chi connectivity index (χ3n) is 10.6. The number of benzene rings is 8. The second-order valence-electron chi connectivity index (χ2n) is 13.4. The minimum absolute atomic E-state index is 0.381. The third kappa shape index (κ3) is 4.23. The van der Waals surface area contributed by atoms with Gasteiger partial charge >= 0.3 is 0 Å². The highest BCUT2D eigenvalue weighted by Crippen LogP contribution is 2.41. The molecule has 52 heavy (non-hydrogen) atoms. The molecule has 3 heterocycles. The molecule has 1 aliphatic rings. The molecule has 1 N–H and O–H groups in total. The molecule has 2 aromatic heterocycles. The number of fused-ring (bicyclic) bond motifs is 9. The Bertz CT molecular complexity index is 3100. The van der Waals surface area contributed by atoms with E-state index < -0.39 is 0 Å². The second-order valence-corrected chi connectivity index (χ2v) is 13.4. The quantitative estimate of drug-likeness (QED) is 0.201. The van der Waals surface area contributed by atoms with E-state index in [0.717, 1.165) is 50.1 Å². The zero-order valence-electron chi connectivity index (χ0n) is 28.1. The van der Waals surface area contributed by atoms with Crippen LogP contribution >= 0.6 is 0 Å². The van der Waals surface area contributed by atoms with Crippen LogP contribution < -0.4 is 5.32 Å². The van der Waals surface area contributed by atoms with Gasteiger partial charge in [-0.15, -0.1) is 0 Å². The Morgan fingerprint density at radius 1 is 0.442 bits per heavy atom. The van der Waals surface area contributed by atoms with E-state index in [2.05, 4.69) is 190 Å². The Morgan fingerprint density at radius 2 is 1.06 bits per heavy atom. The molecule has 5 heteroatoms. The first-order chi connectivity index (χ1) is 25.8. The fraction of sp³-hybridized carbons (Fsp3) is 0.0213. The van der Waals surface area contributed by atoms with Crippen LogP contribution in [0.15, 0.2) is 186 Å². The lowest BCUT2D eigenvalue weighted by molar-refractivity contribution is 0.674. The fourth-order valence-corrected chi connectivity index (χ4v) is 8.32. The van der Waals surface area contributed by atoms with Crippen molar-refractivity contribution in [3.63, 3.8) is 0 Å². The summed E-state index contributed by atoms with van der Waals surface area (Å²) in [4.78, 5) is 11.0. The molecule has 11 rings (SSSR count). The zero-order valence-corrected chi connectivity index (χ0v) is 28.1. The number of hydrogen-bond donors (Lipinski definition) is 1. The molecule has 0 saturated carbocycles. The predicted molar refractivity (Wildman–Crippen MR) is 217 cm³/mol. The molecular formula is C47H31N5. The van der Waals surface area contributed by atoms with Crippen LogP contribution in [0.4, 0.5) is 0 Å². The molecule has 0 fully saturated rings. The summed E-state index contributed by atoms with van der Waals surface area (Å²) < 4.78 is 4.68. The van der Waals surface area contributed by atoms with Crippen LogP contribution in [0, 0.1) is 0 Å². The molecule has 0 spiro atoms. The average molecular weight is 666 g/mol. The number of amidine groups is 1. The van der Waals surface area contributed by atoms with Crippen molar-refractivity contribution >= 4 is 77.0 Å². The van der Waals surface area contributed by atoms with Gasteiger partial charge in [0.05, 0.1) is 22.1 Å². The van der Waals surface area contributed by atoms with Crippen LogP contribution in [0.3, 0.4) is 0 Å². The van der Waals surface area contributed by atoms with Gasteiger partial charge in [0.15, 0.2) is 0 Å². The molecule has 8 aromatic carbocycles. The number of nitrogens with zero attached hydrogens (tertiary/aromatic N) is 4. The van der Waals surface area contributed by atoms with Crippen LogP contribution in [0.1, 0.15) is 17.3 Å². The Hall–Kier alpha value is -6.98. The van der Waals surface area contributed by atoms with Gasteiger partial charge in [-0.25, -0.2) is 4.99 Å². The monoisotopic (exact) mass is 665 g/mol. The first-order valence-corrected chi connectivity index (χ1v) is 17.7. The minimum atomic E-state index is -0.381. The highest BCUT2D eigenvalue weighted by Gasteiger charge is 2.27. The summed E-state index contributed by atoms with van der Waals surface area (Å²) in [6.45, 7) is 0. The molecule has 5 nitrogen and oxygen atoms in total. The number of rotatable bonds is 3. The predicted octanol–water partition coefficient (Wildman–Crippen LogP) is 11.2. The Labute approximate surface area is 299 Å². The van der Waals surface area contributed by atoms with Crippen LogP contribution in [0.5, 0.6) is 0 Å². The van der Waals surface area contributed by atoms with Gasteiger partial charge in [-0.3, -0.25) is 4.57 Å². The molecule has 0 radical (unpaired) electrons. The molecular weight excluding hydrogens is 635 g/mol. The Morgan fingerprint density at radius 3 is 1.87 bits per heavy atom. The average Bonchev–Trinajstić information content (AvgIpc) is 3.73. The van der Waals surface area contributed by atoms with Gasteiger partial charge < -0.3 is 9.88 Å². The van der Waals surface area contributed by atoms with Gasteiger partial charge in [-0.05, 0) is 51.9 Å². The smallest absolute Gasteiger partial charge is 0.234 e. The summed E-state index contributed by atoms with van der Waals surface area (Å²) in [6.07, 6.45) is -0.381. The summed E-state index contributed by atoms with van der Waals surface area (Å²) in [7, 11) is 0. The maximum atomic E-state index is 5.53. The number of aliphatic imine (C=N–C) groups is 2. The van der Waals surface area contributed by atoms with Gasteiger partial charge in [0.1, 0.15) is 12.0 Å². The van der Waals surface area contributed by atoms with Crippen molar-refractivity contribution in [1.29, 1.82) is 0 Å². The maximum Gasteiger partial charge on any atom is 0.234 e. The Balaban J connectivity index is 1.27. The summed E-state index contributed by atoms with van der Waals surface area (Å²) in [5.41, 5.74) is 7.75. The molecule has 244 valence electrons. The van der Waals surface area contributed by atoms with Crippen LogP contribution in [0.25, 0.3) is 70.8 Å². The molecule has 1 atom stereocenters. The van der Waals surface area contributed by atoms with Crippen molar-refractivity contribution in [1.82, 2.24) is 14.5 Å². The van der Waals surface area contributed by atoms with Crippen molar-refractivity contribution in [3.05, 3.63) is 187 Å². The Kier molecular flexibility index (Phi) is 6.25. The highest BCUT2D eigenvalue weighted by molar-refractivity contribution is 6.29. The normalized spacial score (nSPS) is 14.7. The number of nitrogens with one attached hydrogen (secondary N) is 1. The highest BCUT2D eigenvalue weighted by atomic mass is 15.3. The van der Waals surface area contributed by atoms with Gasteiger partial charge in [0, 0.05) is 38.4 Å². The van der Waals surface area contributed by atoms with E-state index in [4.69, 9.17) is 9.98 Å². The molecule has 10 aromatic rings. The summed E-state index contributed by atoms with van der Waals surface area (Å²) in [6, 6.07) is 62.5. The lowest BCUT2D eigenvalue weighted by Gasteiger charge is -2.26. The van der Waals surface area contributed by atoms with Gasteiger partial charge in [-0.2, -0.15) is 4.99 Å². The molecule has 0 bridgehead atoms. The topological polar surface area (TPSA) is 46.6 Å². The van der Waals surface area contributed by atoms with Crippen molar-refractivity contribution < 1.29 is 0 Å². The van der Waals surface area contributed by atoms with E-state index in [9.17, 15) is 0 Å². The molecule has 1 unspecified atom stereocenters. The van der Waals surface area contributed by atoms with Crippen molar-refractivity contribution in [2.24, 2.45) is 9.98 Å². The first kappa shape index (κ1) is 28.8. The van der Waals surface area contributed by atoms with E-state index >= 15 is 0 Å². The lowest BCUT2D eigenvalue weighted by atomic mass is 10.0. The standard InChI is InChI=1S/C47H31N5/c1-2-18-32(19-3-1)51-41-27-11-9-23-39(41)43-42(51)29-28-36-35-22-8-10-26-40(35)52(44(36)43)47-49-45(37-24-12-16-30-14-4-6-20-33(30)37)48-46(50-47)38-25-13-17-31-15-5-7-21-34(31)38/h1-29,45H,(H,48,49,50). The summed E-state index contributed by atoms with van der Waals surface area (Å²) in [5.74, 6) is 1.44. The fourth-order valence-electron chi connectivity index (χ4n) is 8.32. The number of aromatic nitrogens is 2. The minimum Gasteiger partial charge on any atom is -0.344 e. The van der Waals surface area contributed by atoms with Crippen molar-refractivity contribution in [3.8, 4) is 5.69 Å². The van der Waals surface area contributed by atoms with Crippen LogP contribution in [-0.2, 0) is 0 Å². The first-order valence-electron chi connectivity index (χ1n) is 17.7. The van der Waals surface area contributed by atoms with E-state index in [1.165, 1.54) is 37.7 Å². The third-order valence-corrected chi connectivity index (χ3v) is 10.6. The van der Waals surface area contributed by atoms with Gasteiger partial charge in [0.25, 0.3) is 0 Å². The molecule has 0 saturated heterocycles. The SMILES string of the molecule is c1ccc(-n2c3ccccc3c3c4c(ccc32)c2ccccc2n4C2=NC(c3cccc4ccccc34)NC(c3cccc4ccccc34)=N2)cc1. The lowest BCUT2D eigenvalue weighted by Crippen LogP contribution is -2.35. The molecule has 0 amide bonds. The van der Waals surface area contributed by atoms with Crippen LogP contribution in [-0.4, -0.2) is 20.9 Å². The van der Waals surface area contributed by atoms with E-state index in [0.29, 0.717) is 5.96 Å². The zero-order chi connectivity index (χ0) is 34.2. The summed E-state index contributed by atoms with van der Waals surface area (Å²) in [5, 5.41) is 13.2. The van der Waals surface area contributed by atoms with Gasteiger partial charge in [-0.1, -0.05) is 146 Å². The van der Waals surface area contributed by atoms with Crippen molar-refractivity contribution in [2.45, 2.75) is 6.17 Å².